The topological polar surface area (TPSA) is 38.3 Å². The molecule has 0 bridgehead atoms. The Morgan fingerprint density at radius 2 is 2.28 bits per heavy atom. The zero-order valence-electron chi connectivity index (χ0n) is 9.77. The molecule has 0 aliphatic heterocycles. The number of carbonyl (C=O) groups excluding carboxylic acids is 1. The highest BCUT2D eigenvalue weighted by atomic mass is 35.5. The smallest absolute Gasteiger partial charge is 0.269 e. The molecular weight excluding hydrogens is 270 g/mol. The van der Waals surface area contributed by atoms with Gasteiger partial charge in [-0.3, -0.25) is 4.79 Å². The number of amides is 1. The Hall–Kier alpha value is -1.52. The highest BCUT2D eigenvalue weighted by Crippen LogP contribution is 2.25. The van der Waals surface area contributed by atoms with Crippen LogP contribution in [0.3, 0.4) is 0 Å². The summed E-state index contributed by atoms with van der Waals surface area (Å²) >= 11 is 7.10. The highest BCUT2D eigenvalue weighted by molar-refractivity contribution is 7.12. The minimum absolute atomic E-state index is 0.173. The Bertz CT molecular complexity index is 553. The number of methoxy groups -OCH3 is 1. The van der Waals surface area contributed by atoms with Crippen LogP contribution in [0.4, 0.5) is 5.69 Å². The van der Waals surface area contributed by atoms with Crippen molar-refractivity contribution in [1.82, 2.24) is 0 Å². The number of alkyl halides is 1. The van der Waals surface area contributed by atoms with Crippen molar-refractivity contribution in [3.05, 3.63) is 46.2 Å². The molecule has 1 N–H and O–H groups in total. The molecule has 1 aromatic heterocycles. The Kier molecular flexibility index (Phi) is 4.23. The van der Waals surface area contributed by atoms with E-state index in [1.807, 2.05) is 29.6 Å². The zero-order valence-corrected chi connectivity index (χ0v) is 11.3. The van der Waals surface area contributed by atoms with E-state index in [9.17, 15) is 4.79 Å². The summed E-state index contributed by atoms with van der Waals surface area (Å²) in [6, 6.07) is 9.22. The average Bonchev–Trinajstić information content (AvgIpc) is 2.87. The molecule has 0 radical (unpaired) electrons. The molecule has 2 aromatic rings. The molecule has 0 atom stereocenters. The summed E-state index contributed by atoms with van der Waals surface area (Å²) < 4.78 is 5.12. The standard InChI is InChI=1S/C13H12ClNO2S/c1-17-11-5-6-18-12(11)13(16)15-10-4-2-3-9(7-10)8-14/h2-7H,8H2,1H3,(H,15,16). The van der Waals surface area contributed by atoms with Crippen LogP contribution in [0.2, 0.25) is 0 Å². The molecule has 0 saturated heterocycles. The number of anilines is 1. The Labute approximate surface area is 114 Å². The summed E-state index contributed by atoms with van der Waals surface area (Å²) in [5.41, 5.74) is 1.70. The van der Waals surface area contributed by atoms with Gasteiger partial charge in [0, 0.05) is 11.6 Å². The Morgan fingerprint density at radius 3 is 3.00 bits per heavy atom. The van der Waals surface area contributed by atoms with Gasteiger partial charge in [-0.1, -0.05) is 12.1 Å². The Morgan fingerprint density at radius 1 is 1.44 bits per heavy atom. The fraction of sp³-hybridized carbons (Fsp3) is 0.154. The van der Waals surface area contributed by atoms with Gasteiger partial charge in [-0.25, -0.2) is 0 Å². The maximum Gasteiger partial charge on any atom is 0.269 e. The molecule has 2 rings (SSSR count). The number of carbonyl (C=O) groups is 1. The molecule has 1 heterocycles. The van der Waals surface area contributed by atoms with Gasteiger partial charge in [-0.05, 0) is 29.1 Å². The van der Waals surface area contributed by atoms with Crippen molar-refractivity contribution in [3.63, 3.8) is 0 Å². The number of ether oxygens (including phenoxy) is 1. The summed E-state index contributed by atoms with van der Waals surface area (Å²) in [5, 5.41) is 4.65. The second-order valence-electron chi connectivity index (χ2n) is 3.61. The maximum absolute atomic E-state index is 12.0. The van der Waals surface area contributed by atoms with Crippen molar-refractivity contribution in [2.24, 2.45) is 0 Å². The lowest BCUT2D eigenvalue weighted by atomic mass is 10.2. The number of hydrogen-bond acceptors (Lipinski definition) is 3. The second kappa shape index (κ2) is 5.89. The molecule has 0 unspecified atom stereocenters. The van der Waals surface area contributed by atoms with Gasteiger partial charge in [0.1, 0.15) is 10.6 Å². The molecule has 0 saturated carbocycles. The van der Waals surface area contributed by atoms with Crippen LogP contribution in [0.25, 0.3) is 0 Å². The van der Waals surface area contributed by atoms with Crippen molar-refractivity contribution in [2.45, 2.75) is 5.88 Å². The number of halogens is 1. The molecule has 0 aliphatic carbocycles. The lowest BCUT2D eigenvalue weighted by Crippen LogP contribution is -2.11. The van der Waals surface area contributed by atoms with Gasteiger partial charge in [0.15, 0.2) is 0 Å². The van der Waals surface area contributed by atoms with E-state index in [-0.39, 0.29) is 5.91 Å². The highest BCUT2D eigenvalue weighted by Gasteiger charge is 2.13. The largest absolute Gasteiger partial charge is 0.495 e. The monoisotopic (exact) mass is 281 g/mol. The first-order valence-electron chi connectivity index (χ1n) is 5.32. The molecule has 0 spiro atoms. The molecule has 0 fully saturated rings. The van der Waals surface area contributed by atoms with Crippen LogP contribution in [-0.4, -0.2) is 13.0 Å². The maximum atomic E-state index is 12.0. The third kappa shape index (κ3) is 2.83. The lowest BCUT2D eigenvalue weighted by molar-refractivity contribution is 0.102. The predicted molar refractivity (Wildman–Crippen MR) is 74.8 cm³/mol. The van der Waals surface area contributed by atoms with Crippen molar-refractivity contribution in [3.8, 4) is 5.75 Å². The van der Waals surface area contributed by atoms with Crippen molar-refractivity contribution in [1.29, 1.82) is 0 Å². The van der Waals surface area contributed by atoms with E-state index < -0.39 is 0 Å². The van der Waals surface area contributed by atoms with Crippen LogP contribution in [-0.2, 0) is 5.88 Å². The quantitative estimate of drug-likeness (QED) is 0.867. The molecule has 1 amide bonds. The first-order valence-corrected chi connectivity index (χ1v) is 6.73. The van der Waals surface area contributed by atoms with Gasteiger partial charge in [-0.2, -0.15) is 0 Å². The summed E-state index contributed by atoms with van der Waals surface area (Å²) in [6.45, 7) is 0. The van der Waals surface area contributed by atoms with Crippen LogP contribution in [0.1, 0.15) is 15.2 Å². The van der Waals surface area contributed by atoms with Crippen LogP contribution < -0.4 is 10.1 Å². The van der Waals surface area contributed by atoms with Gasteiger partial charge in [0.2, 0.25) is 0 Å². The third-order valence-corrected chi connectivity index (χ3v) is 3.60. The fourth-order valence-corrected chi connectivity index (χ4v) is 2.46. The van der Waals surface area contributed by atoms with Crippen LogP contribution in [0.5, 0.6) is 5.75 Å². The predicted octanol–water partition coefficient (Wildman–Crippen LogP) is 3.75. The molecule has 0 aliphatic rings. The van der Waals surface area contributed by atoms with Crippen LogP contribution in [0.15, 0.2) is 35.7 Å². The molecule has 18 heavy (non-hydrogen) atoms. The first kappa shape index (κ1) is 12.9. The third-order valence-electron chi connectivity index (χ3n) is 2.39. The summed E-state index contributed by atoms with van der Waals surface area (Å²) in [7, 11) is 1.55. The summed E-state index contributed by atoms with van der Waals surface area (Å²) in [4.78, 5) is 12.6. The number of rotatable bonds is 4. The number of benzene rings is 1. The number of hydrogen-bond donors (Lipinski definition) is 1. The summed E-state index contributed by atoms with van der Waals surface area (Å²) in [6.07, 6.45) is 0. The molecule has 3 nitrogen and oxygen atoms in total. The molecule has 5 heteroatoms. The minimum atomic E-state index is -0.173. The van der Waals surface area contributed by atoms with Gasteiger partial charge in [-0.15, -0.1) is 22.9 Å². The number of thiophene rings is 1. The van der Waals surface area contributed by atoms with E-state index >= 15 is 0 Å². The van der Waals surface area contributed by atoms with E-state index in [1.54, 1.807) is 13.2 Å². The van der Waals surface area contributed by atoms with Gasteiger partial charge >= 0.3 is 0 Å². The molecular formula is C13H12ClNO2S. The van der Waals surface area contributed by atoms with Crippen molar-refractivity contribution < 1.29 is 9.53 Å². The number of nitrogens with one attached hydrogen (secondary N) is 1. The SMILES string of the molecule is COc1ccsc1C(=O)Nc1cccc(CCl)c1. The zero-order chi connectivity index (χ0) is 13.0. The van der Waals surface area contributed by atoms with E-state index in [4.69, 9.17) is 16.3 Å². The average molecular weight is 282 g/mol. The van der Waals surface area contributed by atoms with E-state index in [0.29, 0.717) is 16.5 Å². The minimum Gasteiger partial charge on any atom is -0.495 e. The fourth-order valence-electron chi connectivity index (χ4n) is 1.54. The van der Waals surface area contributed by atoms with Gasteiger partial charge in [0.05, 0.1) is 7.11 Å². The van der Waals surface area contributed by atoms with Crippen molar-refractivity contribution >= 4 is 34.5 Å². The Balaban J connectivity index is 2.16. The first-order chi connectivity index (χ1) is 8.74. The van der Waals surface area contributed by atoms with E-state index in [1.165, 1.54) is 11.3 Å². The normalized spacial score (nSPS) is 10.1. The molecule has 1 aromatic carbocycles. The van der Waals surface area contributed by atoms with E-state index in [2.05, 4.69) is 5.32 Å². The van der Waals surface area contributed by atoms with Crippen molar-refractivity contribution in [2.75, 3.05) is 12.4 Å². The van der Waals surface area contributed by atoms with E-state index in [0.717, 1.165) is 11.3 Å². The summed E-state index contributed by atoms with van der Waals surface area (Å²) in [5.74, 6) is 0.839. The molecule has 94 valence electrons. The second-order valence-corrected chi connectivity index (χ2v) is 4.79. The van der Waals surface area contributed by atoms with Gasteiger partial charge in [0.25, 0.3) is 5.91 Å². The van der Waals surface area contributed by atoms with Crippen LogP contribution >= 0.6 is 22.9 Å². The lowest BCUT2D eigenvalue weighted by Gasteiger charge is -2.06. The van der Waals surface area contributed by atoms with Gasteiger partial charge < -0.3 is 10.1 Å². The van der Waals surface area contributed by atoms with Crippen LogP contribution in [0, 0.1) is 0 Å².